The molecule has 2 aromatic rings. The number of carbonyl (C=O) groups is 2. The van der Waals surface area contributed by atoms with Crippen LogP contribution in [-0.4, -0.2) is 32.7 Å². The zero-order valence-electron chi connectivity index (χ0n) is 13.1. The van der Waals surface area contributed by atoms with Crippen molar-refractivity contribution < 1.29 is 19.1 Å². The molecule has 26 heavy (non-hydrogen) atoms. The number of carboxylic acid groups (broad SMARTS) is 1. The van der Waals surface area contributed by atoms with Crippen LogP contribution in [0.15, 0.2) is 39.7 Å². The fourth-order valence-corrected chi connectivity index (χ4v) is 3.96. The first-order valence-electron chi connectivity index (χ1n) is 7.37. The van der Waals surface area contributed by atoms with Crippen LogP contribution in [0.3, 0.4) is 0 Å². The first-order valence-corrected chi connectivity index (χ1v) is 9.35. The molecule has 1 N–H and O–H groups in total. The van der Waals surface area contributed by atoms with Crippen LogP contribution in [0, 0.1) is 0 Å². The molecular weight excluding hydrogens is 417 g/mol. The van der Waals surface area contributed by atoms with Crippen LogP contribution in [0.2, 0.25) is 10.0 Å². The number of thioether (sulfide) groups is 1. The molecule has 1 aromatic heterocycles. The molecule has 0 unspecified atom stereocenters. The summed E-state index contributed by atoms with van der Waals surface area (Å²) >= 11 is 18.4. The number of hydrogen-bond donors (Lipinski definition) is 1. The highest BCUT2D eigenvalue weighted by Crippen LogP contribution is 2.35. The lowest BCUT2D eigenvalue weighted by Crippen LogP contribution is -2.30. The molecule has 3 rings (SSSR count). The van der Waals surface area contributed by atoms with Crippen molar-refractivity contribution in [3.8, 4) is 11.3 Å². The Morgan fingerprint density at radius 1 is 1.31 bits per heavy atom. The Morgan fingerprint density at radius 2 is 2.08 bits per heavy atom. The smallest absolute Gasteiger partial charge is 0.305 e. The van der Waals surface area contributed by atoms with Gasteiger partial charge in [0.05, 0.1) is 16.3 Å². The number of carboxylic acids is 1. The highest BCUT2D eigenvalue weighted by molar-refractivity contribution is 8.26. The fourth-order valence-electron chi connectivity index (χ4n) is 2.29. The zero-order valence-corrected chi connectivity index (χ0v) is 16.2. The van der Waals surface area contributed by atoms with Gasteiger partial charge in [0, 0.05) is 23.2 Å². The van der Waals surface area contributed by atoms with Gasteiger partial charge >= 0.3 is 5.97 Å². The van der Waals surface area contributed by atoms with E-state index < -0.39 is 5.97 Å². The van der Waals surface area contributed by atoms with Crippen LogP contribution in [0.1, 0.15) is 12.2 Å². The fraction of sp³-hybridized carbons (Fsp3) is 0.118. The molecule has 1 aliphatic rings. The van der Waals surface area contributed by atoms with Crippen molar-refractivity contribution in [2.24, 2.45) is 0 Å². The molecule has 1 fully saturated rings. The van der Waals surface area contributed by atoms with Crippen LogP contribution in [-0.2, 0) is 9.59 Å². The van der Waals surface area contributed by atoms with Gasteiger partial charge in [-0.2, -0.15) is 0 Å². The van der Waals surface area contributed by atoms with Crippen LogP contribution < -0.4 is 0 Å². The van der Waals surface area contributed by atoms with Gasteiger partial charge in [0.2, 0.25) is 0 Å². The second-order valence-electron chi connectivity index (χ2n) is 5.30. The number of carbonyl (C=O) groups excluding carboxylic acids is 1. The average Bonchev–Trinajstić information content (AvgIpc) is 3.14. The van der Waals surface area contributed by atoms with E-state index in [1.54, 1.807) is 36.4 Å². The van der Waals surface area contributed by atoms with Crippen molar-refractivity contribution in [3.63, 3.8) is 0 Å². The second kappa shape index (κ2) is 7.84. The van der Waals surface area contributed by atoms with Crippen LogP contribution in [0.25, 0.3) is 17.4 Å². The molecule has 1 amide bonds. The van der Waals surface area contributed by atoms with Gasteiger partial charge in [0.1, 0.15) is 15.8 Å². The average molecular weight is 428 g/mol. The van der Waals surface area contributed by atoms with E-state index in [9.17, 15) is 9.59 Å². The van der Waals surface area contributed by atoms with Crippen molar-refractivity contribution in [1.29, 1.82) is 0 Å². The lowest BCUT2D eigenvalue weighted by molar-refractivity contribution is -0.137. The summed E-state index contributed by atoms with van der Waals surface area (Å²) in [5.74, 6) is -0.350. The predicted molar refractivity (Wildman–Crippen MR) is 106 cm³/mol. The van der Waals surface area contributed by atoms with Gasteiger partial charge in [0.15, 0.2) is 0 Å². The number of amides is 1. The summed E-state index contributed by atoms with van der Waals surface area (Å²) < 4.78 is 6.07. The number of benzene rings is 1. The Labute approximate surface area is 168 Å². The minimum atomic E-state index is -0.989. The van der Waals surface area contributed by atoms with E-state index in [4.69, 9.17) is 44.9 Å². The van der Waals surface area contributed by atoms with Gasteiger partial charge in [-0.05, 0) is 30.3 Å². The molecule has 5 nitrogen and oxygen atoms in total. The first-order chi connectivity index (χ1) is 12.3. The van der Waals surface area contributed by atoms with E-state index in [0.29, 0.717) is 36.4 Å². The van der Waals surface area contributed by atoms with Gasteiger partial charge in [-0.15, -0.1) is 0 Å². The van der Waals surface area contributed by atoms with Crippen molar-refractivity contribution in [1.82, 2.24) is 4.90 Å². The third-order valence-corrected chi connectivity index (χ3v) is 5.46. The van der Waals surface area contributed by atoms with E-state index in [1.165, 1.54) is 4.90 Å². The molecule has 0 atom stereocenters. The summed E-state index contributed by atoms with van der Waals surface area (Å²) in [6.45, 7) is 0.0405. The molecule has 2 heterocycles. The van der Waals surface area contributed by atoms with Crippen molar-refractivity contribution in [2.75, 3.05) is 6.54 Å². The standard InChI is InChI=1S/C17H11Cl2NO4S2/c18-9-1-3-12(19)11(7-9)13-4-2-10(24-13)8-14-16(23)20(17(25)26-14)6-5-15(21)22/h1-4,7-8H,5-6H2,(H,21,22)/b14-8-. The molecule has 9 heteroatoms. The number of nitrogens with zero attached hydrogens (tertiary/aromatic N) is 1. The summed E-state index contributed by atoms with van der Waals surface area (Å²) in [7, 11) is 0. The molecule has 0 bridgehead atoms. The largest absolute Gasteiger partial charge is 0.481 e. The number of furan rings is 1. The first kappa shape index (κ1) is 19.0. The maximum atomic E-state index is 12.4. The quantitative estimate of drug-likeness (QED) is 0.538. The van der Waals surface area contributed by atoms with Crippen molar-refractivity contribution >= 4 is 69.5 Å². The minimum absolute atomic E-state index is 0.0405. The third kappa shape index (κ3) is 4.12. The molecule has 1 saturated heterocycles. The van der Waals surface area contributed by atoms with Crippen LogP contribution >= 0.6 is 47.2 Å². The van der Waals surface area contributed by atoms with E-state index in [2.05, 4.69) is 0 Å². The third-order valence-electron chi connectivity index (χ3n) is 3.52. The summed E-state index contributed by atoms with van der Waals surface area (Å²) in [5, 5.41) is 9.79. The predicted octanol–water partition coefficient (Wildman–Crippen LogP) is 4.93. The minimum Gasteiger partial charge on any atom is -0.481 e. The van der Waals surface area contributed by atoms with Crippen LogP contribution in [0.4, 0.5) is 0 Å². The van der Waals surface area contributed by atoms with E-state index in [-0.39, 0.29) is 18.9 Å². The lowest BCUT2D eigenvalue weighted by atomic mass is 10.2. The van der Waals surface area contributed by atoms with E-state index in [1.807, 2.05) is 0 Å². The highest BCUT2D eigenvalue weighted by atomic mass is 35.5. The second-order valence-corrected chi connectivity index (χ2v) is 7.82. The van der Waals surface area contributed by atoms with Crippen LogP contribution in [0.5, 0.6) is 0 Å². The highest BCUT2D eigenvalue weighted by Gasteiger charge is 2.32. The summed E-state index contributed by atoms with van der Waals surface area (Å²) in [6.07, 6.45) is 1.40. The maximum Gasteiger partial charge on any atom is 0.305 e. The topological polar surface area (TPSA) is 70.8 Å². The Hall–Kier alpha value is -1.80. The Bertz CT molecular complexity index is 939. The number of halogens is 2. The summed E-state index contributed by atoms with van der Waals surface area (Å²) in [6, 6.07) is 8.48. The summed E-state index contributed by atoms with van der Waals surface area (Å²) in [4.78, 5) is 24.7. The zero-order chi connectivity index (χ0) is 18.8. The van der Waals surface area contributed by atoms with Gasteiger partial charge in [0.25, 0.3) is 5.91 Å². The van der Waals surface area contributed by atoms with Gasteiger partial charge in [-0.25, -0.2) is 0 Å². The van der Waals surface area contributed by atoms with Crippen molar-refractivity contribution in [2.45, 2.75) is 6.42 Å². The molecule has 1 aliphatic heterocycles. The normalized spacial score (nSPS) is 15.9. The number of aliphatic carboxylic acids is 1. The van der Waals surface area contributed by atoms with Gasteiger partial charge in [-0.3, -0.25) is 14.5 Å². The Kier molecular flexibility index (Phi) is 5.72. The summed E-state index contributed by atoms with van der Waals surface area (Å²) in [5.41, 5.74) is 0.646. The number of rotatable bonds is 5. The molecule has 0 radical (unpaired) electrons. The Morgan fingerprint density at radius 3 is 2.81 bits per heavy atom. The number of thiocarbonyl (C=S) groups is 1. The SMILES string of the molecule is O=C(O)CCN1C(=O)/C(=C/c2ccc(-c3cc(Cl)ccc3Cl)o2)SC1=S. The monoisotopic (exact) mass is 427 g/mol. The lowest BCUT2D eigenvalue weighted by Gasteiger charge is -2.12. The molecule has 1 aromatic carbocycles. The molecule has 0 spiro atoms. The van der Waals surface area contributed by atoms with Gasteiger partial charge in [-0.1, -0.05) is 47.2 Å². The maximum absolute atomic E-state index is 12.4. The number of hydrogen-bond acceptors (Lipinski definition) is 5. The van der Waals surface area contributed by atoms with E-state index in [0.717, 1.165) is 11.8 Å². The molecule has 0 aliphatic carbocycles. The van der Waals surface area contributed by atoms with Gasteiger partial charge < -0.3 is 9.52 Å². The van der Waals surface area contributed by atoms with Crippen molar-refractivity contribution in [3.05, 3.63) is 51.0 Å². The van der Waals surface area contributed by atoms with E-state index >= 15 is 0 Å². The molecule has 0 saturated carbocycles. The molecular formula is C17H11Cl2NO4S2. The Balaban J connectivity index is 1.82. The molecule has 134 valence electrons.